The van der Waals surface area contributed by atoms with Gasteiger partial charge in [0.25, 0.3) is 0 Å². The van der Waals surface area contributed by atoms with E-state index in [9.17, 15) is 9.59 Å². The smallest absolute Gasteiger partial charge is 0.319 e. The van der Waals surface area contributed by atoms with E-state index >= 15 is 0 Å². The number of hydrogen-bond acceptors (Lipinski definition) is 12. The van der Waals surface area contributed by atoms with Crippen LogP contribution in [0.3, 0.4) is 0 Å². The minimum Gasteiger partial charge on any atom is -0.466 e. The molecule has 1 saturated heterocycles. The van der Waals surface area contributed by atoms with Crippen LogP contribution in [-0.4, -0.2) is 140 Å². The van der Waals surface area contributed by atoms with E-state index in [1.54, 1.807) is 7.11 Å². The van der Waals surface area contributed by atoms with E-state index < -0.39 is 11.2 Å². The van der Waals surface area contributed by atoms with Gasteiger partial charge < -0.3 is 37.9 Å². The van der Waals surface area contributed by atoms with Crippen LogP contribution in [0.15, 0.2) is 0 Å². The highest BCUT2D eigenvalue weighted by Crippen LogP contribution is 2.18. The quantitative estimate of drug-likeness (QED) is 0.125. The molecule has 0 aromatic carbocycles. The van der Waals surface area contributed by atoms with Crippen LogP contribution in [-0.2, 0) is 47.5 Å². The van der Waals surface area contributed by atoms with E-state index in [-0.39, 0.29) is 25.6 Å². The second kappa shape index (κ2) is 29.1. The minimum absolute atomic E-state index is 0.0141. The normalized spacial score (nSPS) is 16.4. The zero-order chi connectivity index (χ0) is 29.6. The van der Waals surface area contributed by atoms with Crippen molar-refractivity contribution in [2.24, 2.45) is 0 Å². The topological polar surface area (TPSA) is 111 Å². The number of carbonyl (C=O) groups excluding carboxylic acids is 2. The van der Waals surface area contributed by atoms with Crippen LogP contribution in [0, 0.1) is 0 Å². The Morgan fingerprint density at radius 3 is 1.98 bits per heavy atom. The largest absolute Gasteiger partial charge is 0.466 e. The molecule has 1 atom stereocenters. The van der Waals surface area contributed by atoms with Gasteiger partial charge in [-0.05, 0) is 6.42 Å². The number of ether oxygens (including phenoxy) is 8. The Labute approximate surface area is 251 Å². The number of nitrogens with zero attached hydrogens (tertiary/aromatic N) is 1. The van der Waals surface area contributed by atoms with Crippen molar-refractivity contribution in [1.29, 1.82) is 0 Å². The molecule has 242 valence electrons. The number of unbranched alkanes of at least 4 members (excludes halogenated alkanes) is 5. The minimum atomic E-state index is -0.637. The summed E-state index contributed by atoms with van der Waals surface area (Å²) in [6.07, 6.45) is 6.67. The summed E-state index contributed by atoms with van der Waals surface area (Å²) in [5.41, 5.74) is 0. The first kappa shape index (κ1) is 38.0. The van der Waals surface area contributed by atoms with Crippen molar-refractivity contribution in [1.82, 2.24) is 4.90 Å². The van der Waals surface area contributed by atoms with Crippen molar-refractivity contribution in [3.63, 3.8) is 0 Å². The van der Waals surface area contributed by atoms with Gasteiger partial charge in [0.15, 0.2) is 0 Å². The van der Waals surface area contributed by atoms with Crippen LogP contribution in [0.5, 0.6) is 0 Å². The Kier molecular flexibility index (Phi) is 27.0. The van der Waals surface area contributed by atoms with Gasteiger partial charge in [0, 0.05) is 32.5 Å². The highest BCUT2D eigenvalue weighted by molar-refractivity contribution is 8.00. The summed E-state index contributed by atoms with van der Waals surface area (Å²) in [6, 6.07) is 0. The fourth-order valence-electron chi connectivity index (χ4n) is 3.84. The van der Waals surface area contributed by atoms with Gasteiger partial charge >= 0.3 is 11.9 Å². The van der Waals surface area contributed by atoms with Crippen molar-refractivity contribution in [2.75, 3.05) is 118 Å². The molecule has 1 unspecified atom stereocenters. The zero-order valence-electron chi connectivity index (χ0n) is 25.5. The monoisotopic (exact) mass is 609 g/mol. The predicted octanol–water partition coefficient (Wildman–Crippen LogP) is 2.97. The van der Waals surface area contributed by atoms with Crippen molar-refractivity contribution < 1.29 is 47.5 Å². The van der Waals surface area contributed by atoms with E-state index in [0.29, 0.717) is 78.4 Å². The first-order chi connectivity index (χ1) is 20.2. The van der Waals surface area contributed by atoms with E-state index in [4.69, 9.17) is 37.9 Å². The first-order valence-electron chi connectivity index (χ1n) is 15.2. The van der Waals surface area contributed by atoms with Crippen molar-refractivity contribution in [3.05, 3.63) is 0 Å². The molecule has 0 aromatic rings. The van der Waals surface area contributed by atoms with Gasteiger partial charge in [0.1, 0.15) is 11.9 Å². The summed E-state index contributed by atoms with van der Waals surface area (Å²) in [4.78, 5) is 27.7. The molecule has 0 aromatic heterocycles. The van der Waals surface area contributed by atoms with E-state index in [2.05, 4.69) is 11.8 Å². The Morgan fingerprint density at radius 2 is 1.32 bits per heavy atom. The Morgan fingerprint density at radius 1 is 0.732 bits per heavy atom. The first-order valence-corrected chi connectivity index (χ1v) is 16.3. The number of carbonyl (C=O) groups is 2. The predicted molar refractivity (Wildman–Crippen MR) is 159 cm³/mol. The maximum Gasteiger partial charge on any atom is 0.319 e. The molecule has 0 saturated carbocycles. The summed E-state index contributed by atoms with van der Waals surface area (Å²) >= 11 is 1.42. The van der Waals surface area contributed by atoms with Gasteiger partial charge in [-0.25, -0.2) is 0 Å². The number of hydrogen-bond donors (Lipinski definition) is 0. The van der Waals surface area contributed by atoms with E-state index in [1.165, 1.54) is 31.0 Å². The molecule has 41 heavy (non-hydrogen) atoms. The van der Waals surface area contributed by atoms with Crippen molar-refractivity contribution in [3.8, 4) is 0 Å². The van der Waals surface area contributed by atoms with Gasteiger partial charge in [0.05, 0.1) is 85.7 Å². The summed E-state index contributed by atoms with van der Waals surface area (Å²) in [6.45, 7) is 10.5. The molecule has 0 bridgehead atoms. The maximum absolute atomic E-state index is 12.9. The van der Waals surface area contributed by atoms with Gasteiger partial charge in [-0.3, -0.25) is 14.5 Å². The molecule has 1 fully saturated rings. The molecule has 1 rings (SSSR count). The lowest BCUT2D eigenvalue weighted by molar-refractivity contribution is -0.150. The third kappa shape index (κ3) is 24.2. The summed E-state index contributed by atoms with van der Waals surface area (Å²) < 4.78 is 43.3. The molecule has 11 nitrogen and oxygen atoms in total. The molecule has 0 radical (unpaired) electrons. The van der Waals surface area contributed by atoms with E-state index in [1.807, 2.05) is 0 Å². The van der Waals surface area contributed by atoms with Gasteiger partial charge in [-0.15, -0.1) is 11.8 Å². The van der Waals surface area contributed by atoms with Crippen LogP contribution in [0.1, 0.15) is 51.9 Å². The summed E-state index contributed by atoms with van der Waals surface area (Å²) in [5.74, 6) is -0.136. The fourth-order valence-corrected chi connectivity index (χ4v) is 4.94. The summed E-state index contributed by atoms with van der Waals surface area (Å²) in [7, 11) is 1.62. The van der Waals surface area contributed by atoms with Crippen LogP contribution in [0.2, 0.25) is 0 Å². The Balaban J connectivity index is 2.45. The number of methoxy groups -OCH3 is 1. The average Bonchev–Trinajstić information content (AvgIpc) is 2.96. The molecule has 1 aliphatic heterocycles. The molecule has 1 aliphatic rings. The molecular formula is C29H55NO10S. The third-order valence-corrected chi connectivity index (χ3v) is 7.41. The molecule has 1 heterocycles. The second-order valence-electron chi connectivity index (χ2n) is 9.62. The average molecular weight is 610 g/mol. The maximum atomic E-state index is 12.9. The third-order valence-electron chi connectivity index (χ3n) is 6.23. The second-order valence-corrected chi connectivity index (χ2v) is 10.9. The van der Waals surface area contributed by atoms with Gasteiger partial charge in [-0.2, -0.15) is 0 Å². The van der Waals surface area contributed by atoms with Crippen LogP contribution in [0.4, 0.5) is 0 Å². The van der Waals surface area contributed by atoms with Crippen LogP contribution >= 0.6 is 11.8 Å². The van der Waals surface area contributed by atoms with Crippen LogP contribution in [0.25, 0.3) is 0 Å². The molecular weight excluding hydrogens is 554 g/mol. The summed E-state index contributed by atoms with van der Waals surface area (Å²) in [5, 5.41) is -0.637. The van der Waals surface area contributed by atoms with Gasteiger partial charge in [0.2, 0.25) is 0 Å². The highest BCUT2D eigenvalue weighted by Gasteiger charge is 2.25. The highest BCUT2D eigenvalue weighted by atomic mass is 32.2. The lowest BCUT2D eigenvalue weighted by Gasteiger charge is -2.23. The molecule has 0 aliphatic carbocycles. The fraction of sp³-hybridized carbons (Fsp3) is 0.931. The number of rotatable bonds is 23. The molecule has 12 heteroatoms. The lowest BCUT2D eigenvalue weighted by atomic mass is 10.1. The molecule has 0 N–H and O–H groups in total. The standard InChI is InChI=1S/C29H55NO10S/c1-3-4-5-6-7-8-12-39-28(31)26-27(29(32)40-24-23-38-22-21-36-16-15-33-2)41-25-11-30-9-13-34-17-19-37-20-18-35-14-10-30/h27H,3-26H2,1-2H3. The van der Waals surface area contributed by atoms with E-state index in [0.717, 1.165) is 38.9 Å². The number of esters is 2. The van der Waals surface area contributed by atoms with Gasteiger partial charge in [-0.1, -0.05) is 39.0 Å². The Hall–Kier alpha value is -0.990. The lowest BCUT2D eigenvalue weighted by Crippen LogP contribution is -2.35. The SMILES string of the molecule is CCCCCCCCOC(=O)CC(SCCN1CCOCCOCCOCC1)C(=O)OCCOCCOCCOC. The van der Waals surface area contributed by atoms with Crippen LogP contribution < -0.4 is 0 Å². The van der Waals surface area contributed by atoms with Crippen molar-refractivity contribution in [2.45, 2.75) is 57.1 Å². The Bertz CT molecular complexity index is 604. The number of thioether (sulfide) groups is 1. The molecule has 0 amide bonds. The zero-order valence-corrected chi connectivity index (χ0v) is 26.3. The van der Waals surface area contributed by atoms with Crippen molar-refractivity contribution >= 4 is 23.7 Å². The molecule has 0 spiro atoms.